The van der Waals surface area contributed by atoms with Crippen LogP contribution in [-0.4, -0.2) is 47.3 Å². The molecule has 0 aromatic carbocycles. The van der Waals surface area contributed by atoms with E-state index in [1.54, 1.807) is 14.1 Å². The highest BCUT2D eigenvalue weighted by molar-refractivity contribution is 5.74. The molecule has 2 atom stereocenters. The molecule has 0 heterocycles. The second kappa shape index (κ2) is 6.56. The van der Waals surface area contributed by atoms with E-state index in [1.165, 1.54) is 4.90 Å². The van der Waals surface area contributed by atoms with Crippen LogP contribution in [0, 0.1) is 0 Å². The molecule has 2 N–H and O–H groups in total. The first kappa shape index (κ1) is 13.1. The lowest BCUT2D eigenvalue weighted by atomic mass is 10.1. The topological polar surface area (TPSA) is 60.8 Å². The molecule has 4 heteroatoms. The highest BCUT2D eigenvalue weighted by Crippen LogP contribution is 2.08. The summed E-state index contributed by atoms with van der Waals surface area (Å²) in [6.07, 6.45) is 4.16. The molecule has 4 nitrogen and oxygen atoms in total. The third-order valence-electron chi connectivity index (χ3n) is 2.04. The van der Waals surface area contributed by atoms with Crippen molar-refractivity contribution in [3.8, 4) is 0 Å². The molecule has 0 aliphatic rings. The Morgan fingerprint density at radius 1 is 1.50 bits per heavy atom. The maximum Gasteiger partial charge on any atom is 0.323 e. The van der Waals surface area contributed by atoms with Gasteiger partial charge in [0.15, 0.2) is 0 Å². The van der Waals surface area contributed by atoms with Gasteiger partial charge in [0, 0.05) is 0 Å². The van der Waals surface area contributed by atoms with E-state index in [9.17, 15) is 9.90 Å². The average Bonchev–Trinajstić information content (AvgIpc) is 2.03. The first-order valence-electron chi connectivity index (χ1n) is 4.69. The Labute approximate surface area is 84.8 Å². The SMILES string of the molecule is C/C=C/CC[C@@H](O)[C@@H](C(=O)O)N(C)C. The maximum absolute atomic E-state index is 10.8. The molecule has 0 unspecified atom stereocenters. The Kier molecular flexibility index (Phi) is 6.16. The summed E-state index contributed by atoms with van der Waals surface area (Å²) in [5, 5.41) is 18.5. The van der Waals surface area contributed by atoms with Crippen molar-refractivity contribution in [1.29, 1.82) is 0 Å². The van der Waals surface area contributed by atoms with Crippen molar-refractivity contribution >= 4 is 5.97 Å². The molecule has 82 valence electrons. The van der Waals surface area contributed by atoms with E-state index >= 15 is 0 Å². The number of allylic oxidation sites excluding steroid dienone is 2. The summed E-state index contributed by atoms with van der Waals surface area (Å²) in [6, 6.07) is -0.819. The summed E-state index contributed by atoms with van der Waals surface area (Å²) in [6.45, 7) is 1.90. The number of likely N-dealkylation sites (N-methyl/N-ethyl adjacent to an activating group) is 1. The predicted octanol–water partition coefficient (Wildman–Crippen LogP) is 0.718. The number of aliphatic hydroxyl groups is 1. The highest BCUT2D eigenvalue weighted by atomic mass is 16.4. The zero-order valence-electron chi connectivity index (χ0n) is 8.97. The molecule has 0 aliphatic heterocycles. The van der Waals surface area contributed by atoms with Gasteiger partial charge < -0.3 is 10.2 Å². The molecule has 0 fully saturated rings. The number of carboxylic acid groups (broad SMARTS) is 1. The number of rotatable bonds is 6. The summed E-state index contributed by atoms with van der Waals surface area (Å²) in [5.74, 6) is -0.983. The molecule has 0 spiro atoms. The van der Waals surface area contributed by atoms with Crippen molar-refractivity contribution < 1.29 is 15.0 Å². The van der Waals surface area contributed by atoms with Crippen LogP contribution in [0.2, 0.25) is 0 Å². The van der Waals surface area contributed by atoms with Crippen molar-refractivity contribution in [3.05, 3.63) is 12.2 Å². The normalized spacial score (nSPS) is 16.1. The number of carbonyl (C=O) groups is 1. The van der Waals surface area contributed by atoms with Crippen molar-refractivity contribution in [2.24, 2.45) is 0 Å². The molecule has 0 bridgehead atoms. The Morgan fingerprint density at radius 2 is 2.07 bits per heavy atom. The van der Waals surface area contributed by atoms with E-state index in [1.807, 2.05) is 19.1 Å². The van der Waals surface area contributed by atoms with Crippen LogP contribution in [0.25, 0.3) is 0 Å². The quantitative estimate of drug-likeness (QED) is 0.622. The lowest BCUT2D eigenvalue weighted by Crippen LogP contribution is -2.45. The van der Waals surface area contributed by atoms with Gasteiger partial charge in [-0.25, -0.2) is 0 Å². The van der Waals surface area contributed by atoms with Crippen LogP contribution in [0.1, 0.15) is 19.8 Å². The summed E-state index contributed by atoms with van der Waals surface area (Å²) < 4.78 is 0. The lowest BCUT2D eigenvalue weighted by molar-refractivity contribution is -0.146. The predicted molar refractivity (Wildman–Crippen MR) is 55.2 cm³/mol. The number of hydrogen-bond donors (Lipinski definition) is 2. The second-order valence-corrected chi connectivity index (χ2v) is 3.46. The molecule has 0 amide bonds. The van der Waals surface area contributed by atoms with Gasteiger partial charge in [-0.1, -0.05) is 12.2 Å². The van der Waals surface area contributed by atoms with Gasteiger partial charge in [0.2, 0.25) is 0 Å². The molecule has 0 aromatic rings. The van der Waals surface area contributed by atoms with Crippen molar-refractivity contribution in [3.63, 3.8) is 0 Å². The molecule has 0 aliphatic carbocycles. The van der Waals surface area contributed by atoms with Crippen molar-refractivity contribution in [2.75, 3.05) is 14.1 Å². The van der Waals surface area contributed by atoms with Crippen LogP contribution in [0.5, 0.6) is 0 Å². The fourth-order valence-corrected chi connectivity index (χ4v) is 1.32. The molecule has 0 radical (unpaired) electrons. The van der Waals surface area contributed by atoms with E-state index in [0.717, 1.165) is 0 Å². The molecule has 0 saturated carbocycles. The summed E-state index contributed by atoms with van der Waals surface area (Å²) >= 11 is 0. The molecule has 0 saturated heterocycles. The number of aliphatic hydroxyl groups excluding tert-OH is 1. The van der Waals surface area contributed by atoms with E-state index in [-0.39, 0.29) is 0 Å². The summed E-state index contributed by atoms with van der Waals surface area (Å²) in [5.41, 5.74) is 0. The Hall–Kier alpha value is -0.870. The molecular formula is C10H19NO3. The number of aliphatic carboxylic acids is 1. The zero-order chi connectivity index (χ0) is 11.1. The van der Waals surface area contributed by atoms with E-state index in [4.69, 9.17) is 5.11 Å². The summed E-state index contributed by atoms with van der Waals surface area (Å²) in [7, 11) is 3.30. The monoisotopic (exact) mass is 201 g/mol. The van der Waals surface area contributed by atoms with Crippen LogP contribution in [-0.2, 0) is 4.79 Å². The minimum absolute atomic E-state index is 0.472. The van der Waals surface area contributed by atoms with Crippen molar-refractivity contribution in [1.82, 2.24) is 4.90 Å². The second-order valence-electron chi connectivity index (χ2n) is 3.46. The van der Waals surface area contributed by atoms with Gasteiger partial charge in [0.1, 0.15) is 6.04 Å². The molecule has 14 heavy (non-hydrogen) atoms. The van der Waals surface area contributed by atoms with Gasteiger partial charge >= 0.3 is 5.97 Å². The zero-order valence-corrected chi connectivity index (χ0v) is 8.97. The van der Waals surface area contributed by atoms with Gasteiger partial charge in [-0.05, 0) is 33.9 Å². The Balaban J connectivity index is 4.15. The van der Waals surface area contributed by atoms with Gasteiger partial charge in [-0.3, -0.25) is 9.69 Å². The first-order valence-corrected chi connectivity index (χ1v) is 4.69. The molecule has 0 aromatic heterocycles. The van der Waals surface area contributed by atoms with Crippen LogP contribution < -0.4 is 0 Å². The number of hydrogen-bond acceptors (Lipinski definition) is 3. The Morgan fingerprint density at radius 3 is 2.43 bits per heavy atom. The fourth-order valence-electron chi connectivity index (χ4n) is 1.32. The van der Waals surface area contributed by atoms with Gasteiger partial charge in [-0.15, -0.1) is 0 Å². The molecule has 0 rings (SSSR count). The Bertz CT molecular complexity index is 202. The maximum atomic E-state index is 10.8. The van der Waals surface area contributed by atoms with E-state index in [0.29, 0.717) is 12.8 Å². The van der Waals surface area contributed by atoms with Crippen LogP contribution in [0.3, 0.4) is 0 Å². The number of nitrogens with zero attached hydrogens (tertiary/aromatic N) is 1. The van der Waals surface area contributed by atoms with Crippen LogP contribution in [0.4, 0.5) is 0 Å². The minimum atomic E-state index is -0.983. The third kappa shape index (κ3) is 4.39. The van der Waals surface area contributed by atoms with Crippen molar-refractivity contribution in [2.45, 2.75) is 31.9 Å². The largest absolute Gasteiger partial charge is 0.480 e. The van der Waals surface area contributed by atoms with Gasteiger partial charge in [0.25, 0.3) is 0 Å². The summed E-state index contributed by atoms with van der Waals surface area (Å²) in [4.78, 5) is 12.3. The average molecular weight is 201 g/mol. The third-order valence-corrected chi connectivity index (χ3v) is 2.04. The fraction of sp³-hybridized carbons (Fsp3) is 0.700. The van der Waals surface area contributed by atoms with E-state index < -0.39 is 18.1 Å². The lowest BCUT2D eigenvalue weighted by Gasteiger charge is -2.24. The molecular weight excluding hydrogens is 182 g/mol. The van der Waals surface area contributed by atoms with E-state index in [2.05, 4.69) is 0 Å². The first-order chi connectivity index (χ1) is 6.50. The standard InChI is InChI=1S/C10H19NO3/c1-4-5-6-7-8(12)9(10(13)14)11(2)3/h4-5,8-9,12H,6-7H2,1-3H3,(H,13,14)/b5-4+/t8-,9+/m1/s1. The minimum Gasteiger partial charge on any atom is -0.480 e. The van der Waals surface area contributed by atoms with Crippen LogP contribution >= 0.6 is 0 Å². The number of carboxylic acids is 1. The van der Waals surface area contributed by atoms with Crippen LogP contribution in [0.15, 0.2) is 12.2 Å². The highest BCUT2D eigenvalue weighted by Gasteiger charge is 2.27. The smallest absolute Gasteiger partial charge is 0.323 e. The van der Waals surface area contributed by atoms with Gasteiger partial charge in [0.05, 0.1) is 6.10 Å². The van der Waals surface area contributed by atoms with Gasteiger partial charge in [-0.2, -0.15) is 0 Å².